The molecule has 0 fully saturated rings. The Morgan fingerprint density at radius 1 is 1.16 bits per heavy atom. The first-order chi connectivity index (χ1) is 9.16. The van der Waals surface area contributed by atoms with E-state index in [0.29, 0.717) is 11.0 Å². The Morgan fingerprint density at radius 3 is 2.63 bits per heavy atom. The van der Waals surface area contributed by atoms with E-state index in [1.54, 1.807) is 12.3 Å². The SMILES string of the molecule is Cn1ccc(=O)c2cc(Br)c(-c3ccccc3)nc21. The molecule has 0 N–H and O–H groups in total. The number of rotatable bonds is 1. The third-order valence-corrected chi connectivity index (χ3v) is 3.66. The summed E-state index contributed by atoms with van der Waals surface area (Å²) in [5.74, 6) is 0. The van der Waals surface area contributed by atoms with Crippen LogP contribution in [0.3, 0.4) is 0 Å². The fourth-order valence-electron chi connectivity index (χ4n) is 2.07. The van der Waals surface area contributed by atoms with Crippen LogP contribution >= 0.6 is 15.9 Å². The second kappa shape index (κ2) is 4.63. The molecule has 3 aromatic rings. The molecule has 0 amide bonds. The molecule has 0 saturated carbocycles. The summed E-state index contributed by atoms with van der Waals surface area (Å²) >= 11 is 3.50. The van der Waals surface area contributed by atoms with E-state index in [0.717, 1.165) is 15.7 Å². The first-order valence-corrected chi connectivity index (χ1v) is 6.67. The van der Waals surface area contributed by atoms with E-state index in [4.69, 9.17) is 0 Å². The van der Waals surface area contributed by atoms with Crippen molar-refractivity contribution >= 4 is 27.0 Å². The summed E-state index contributed by atoms with van der Waals surface area (Å²) in [4.78, 5) is 16.5. The van der Waals surface area contributed by atoms with Crippen molar-refractivity contribution in [2.24, 2.45) is 7.05 Å². The number of aryl methyl sites for hydroxylation is 1. The zero-order valence-corrected chi connectivity index (χ0v) is 11.9. The van der Waals surface area contributed by atoms with Crippen molar-refractivity contribution in [3.8, 4) is 11.3 Å². The average Bonchev–Trinajstić information content (AvgIpc) is 2.44. The molecule has 2 aromatic heterocycles. The molecule has 19 heavy (non-hydrogen) atoms. The number of fused-ring (bicyclic) bond motifs is 1. The monoisotopic (exact) mass is 314 g/mol. The molecule has 4 heteroatoms. The molecule has 3 rings (SSSR count). The van der Waals surface area contributed by atoms with Crippen LogP contribution in [-0.4, -0.2) is 9.55 Å². The maximum absolute atomic E-state index is 11.9. The maximum Gasteiger partial charge on any atom is 0.191 e. The van der Waals surface area contributed by atoms with Gasteiger partial charge in [0.05, 0.1) is 11.1 Å². The molecule has 0 aliphatic rings. The third-order valence-electron chi connectivity index (χ3n) is 3.05. The largest absolute Gasteiger partial charge is 0.335 e. The van der Waals surface area contributed by atoms with Gasteiger partial charge in [0.2, 0.25) is 0 Å². The van der Waals surface area contributed by atoms with Crippen LogP contribution in [0.15, 0.2) is 57.9 Å². The van der Waals surface area contributed by atoms with E-state index >= 15 is 0 Å². The van der Waals surface area contributed by atoms with Crippen LogP contribution < -0.4 is 5.43 Å². The third kappa shape index (κ3) is 2.08. The molecule has 3 nitrogen and oxygen atoms in total. The van der Waals surface area contributed by atoms with Crippen molar-refractivity contribution < 1.29 is 0 Å². The average molecular weight is 315 g/mol. The molecule has 0 atom stereocenters. The highest BCUT2D eigenvalue weighted by Gasteiger charge is 2.10. The quantitative estimate of drug-likeness (QED) is 0.690. The second-order valence-corrected chi connectivity index (χ2v) is 5.20. The van der Waals surface area contributed by atoms with Crippen LogP contribution in [0.25, 0.3) is 22.3 Å². The predicted octanol–water partition coefficient (Wildman–Crippen LogP) is 3.36. The molecule has 0 spiro atoms. The summed E-state index contributed by atoms with van der Waals surface area (Å²) < 4.78 is 2.68. The lowest BCUT2D eigenvalue weighted by molar-refractivity contribution is 0.929. The van der Waals surface area contributed by atoms with E-state index in [-0.39, 0.29) is 5.43 Å². The number of nitrogens with zero attached hydrogens (tertiary/aromatic N) is 2. The van der Waals surface area contributed by atoms with E-state index in [1.807, 2.05) is 48.0 Å². The van der Waals surface area contributed by atoms with Crippen LogP contribution in [0, 0.1) is 0 Å². The summed E-state index contributed by atoms with van der Waals surface area (Å²) in [5.41, 5.74) is 2.54. The molecule has 2 heterocycles. The van der Waals surface area contributed by atoms with Gasteiger partial charge in [-0.2, -0.15) is 0 Å². The molecule has 0 bridgehead atoms. The Balaban J connectivity index is 2.37. The van der Waals surface area contributed by atoms with Crippen molar-refractivity contribution in [3.63, 3.8) is 0 Å². The van der Waals surface area contributed by atoms with Crippen LogP contribution in [0.1, 0.15) is 0 Å². The van der Waals surface area contributed by atoms with Crippen LogP contribution in [-0.2, 0) is 7.05 Å². The molecule has 0 aliphatic carbocycles. The summed E-state index contributed by atoms with van der Waals surface area (Å²) in [6.45, 7) is 0. The number of benzene rings is 1. The van der Waals surface area contributed by atoms with E-state index in [1.165, 1.54) is 0 Å². The summed E-state index contributed by atoms with van der Waals surface area (Å²) in [6, 6.07) is 13.3. The fourth-order valence-corrected chi connectivity index (χ4v) is 2.61. The molecule has 0 saturated heterocycles. The van der Waals surface area contributed by atoms with E-state index < -0.39 is 0 Å². The number of halogens is 1. The van der Waals surface area contributed by atoms with Crippen LogP contribution in [0.5, 0.6) is 0 Å². The number of aromatic nitrogens is 2. The zero-order valence-electron chi connectivity index (χ0n) is 10.3. The minimum Gasteiger partial charge on any atom is -0.335 e. The summed E-state index contributed by atoms with van der Waals surface area (Å²) in [6.07, 6.45) is 1.74. The lowest BCUT2D eigenvalue weighted by Gasteiger charge is -2.08. The van der Waals surface area contributed by atoms with Gasteiger partial charge in [-0.1, -0.05) is 30.3 Å². The van der Waals surface area contributed by atoms with Gasteiger partial charge < -0.3 is 4.57 Å². The summed E-state index contributed by atoms with van der Waals surface area (Å²) in [5, 5.41) is 0.622. The molecular weight excluding hydrogens is 304 g/mol. The van der Waals surface area contributed by atoms with Gasteiger partial charge in [0, 0.05) is 29.3 Å². The molecule has 1 aromatic carbocycles. The number of hydrogen-bond acceptors (Lipinski definition) is 2. The molecular formula is C15H11BrN2O. The smallest absolute Gasteiger partial charge is 0.191 e. The lowest BCUT2D eigenvalue weighted by Crippen LogP contribution is -2.07. The van der Waals surface area contributed by atoms with Gasteiger partial charge in [-0.25, -0.2) is 4.98 Å². The van der Waals surface area contributed by atoms with Gasteiger partial charge in [-0.15, -0.1) is 0 Å². The Labute approximate surface area is 118 Å². The fraction of sp³-hybridized carbons (Fsp3) is 0.0667. The van der Waals surface area contributed by atoms with Gasteiger partial charge in [-0.05, 0) is 22.0 Å². The highest BCUT2D eigenvalue weighted by molar-refractivity contribution is 9.10. The molecule has 0 unspecified atom stereocenters. The van der Waals surface area contributed by atoms with E-state index in [9.17, 15) is 4.79 Å². The van der Waals surface area contributed by atoms with Crippen molar-refractivity contribution in [2.45, 2.75) is 0 Å². The van der Waals surface area contributed by atoms with Crippen molar-refractivity contribution in [1.29, 1.82) is 0 Å². The van der Waals surface area contributed by atoms with Gasteiger partial charge >= 0.3 is 0 Å². The van der Waals surface area contributed by atoms with Crippen molar-refractivity contribution in [1.82, 2.24) is 9.55 Å². The Morgan fingerprint density at radius 2 is 1.89 bits per heavy atom. The zero-order chi connectivity index (χ0) is 13.4. The Hall–Kier alpha value is -1.94. The minimum absolute atomic E-state index is 0.0130. The van der Waals surface area contributed by atoms with Crippen LogP contribution in [0.4, 0.5) is 0 Å². The van der Waals surface area contributed by atoms with Gasteiger partial charge in [0.25, 0.3) is 0 Å². The molecule has 0 aliphatic heterocycles. The molecule has 0 radical (unpaired) electrons. The Kier molecular flexibility index (Phi) is 2.95. The Bertz CT molecular complexity index is 809. The normalized spacial score (nSPS) is 10.8. The highest BCUT2D eigenvalue weighted by atomic mass is 79.9. The first-order valence-electron chi connectivity index (χ1n) is 5.88. The molecule has 94 valence electrons. The number of hydrogen-bond donors (Lipinski definition) is 0. The van der Waals surface area contributed by atoms with E-state index in [2.05, 4.69) is 20.9 Å². The second-order valence-electron chi connectivity index (χ2n) is 4.35. The minimum atomic E-state index is -0.0130. The predicted molar refractivity (Wildman–Crippen MR) is 80.1 cm³/mol. The van der Waals surface area contributed by atoms with Gasteiger partial charge in [0.15, 0.2) is 5.43 Å². The maximum atomic E-state index is 11.9. The van der Waals surface area contributed by atoms with Crippen molar-refractivity contribution in [2.75, 3.05) is 0 Å². The lowest BCUT2D eigenvalue weighted by atomic mass is 10.1. The summed E-state index contributed by atoms with van der Waals surface area (Å²) in [7, 11) is 1.89. The van der Waals surface area contributed by atoms with Gasteiger partial charge in [0.1, 0.15) is 5.65 Å². The van der Waals surface area contributed by atoms with Crippen molar-refractivity contribution in [3.05, 3.63) is 63.4 Å². The topological polar surface area (TPSA) is 34.9 Å². The standard InChI is InChI=1S/C15H11BrN2O/c1-18-8-7-13(19)11-9-12(16)14(17-15(11)18)10-5-3-2-4-6-10/h2-9H,1H3. The highest BCUT2D eigenvalue weighted by Crippen LogP contribution is 2.28. The first kappa shape index (κ1) is 12.1. The van der Waals surface area contributed by atoms with Crippen LogP contribution in [0.2, 0.25) is 0 Å². The van der Waals surface area contributed by atoms with Gasteiger partial charge in [-0.3, -0.25) is 4.79 Å². The number of pyridine rings is 2.